The Labute approximate surface area is 992 Å². The molecule has 27 nitrogen and oxygen atoms in total. The molecule has 0 unspecified atom stereocenters. The number of nitrogen functional groups attached to an aromatic ring is 2. The number of halogens is 4. The second-order valence-corrected chi connectivity index (χ2v) is 36.1. The number of ketones is 2. The van der Waals surface area contributed by atoms with Crippen molar-refractivity contribution < 1.29 is 289 Å². The Morgan fingerprint density at radius 3 is 1.30 bits per heavy atom. The van der Waals surface area contributed by atoms with E-state index in [0.29, 0.717) is 26.0 Å². The van der Waals surface area contributed by atoms with Crippen LogP contribution in [-0.4, -0.2) is 137 Å². The number of benzene rings is 14. The van der Waals surface area contributed by atoms with Gasteiger partial charge in [-0.05, 0) is 192 Å². The third kappa shape index (κ3) is 46.0. The molecule has 0 spiro atoms. The van der Waals surface area contributed by atoms with Crippen molar-refractivity contribution in [3.8, 4) is 0 Å². The molecule has 41 heteroatoms. The number of nitrogens with one attached hydrogen (secondary N) is 1. The first-order valence-corrected chi connectivity index (χ1v) is 48.2. The van der Waals surface area contributed by atoms with Crippen molar-refractivity contribution in [3.05, 3.63) is 288 Å². The van der Waals surface area contributed by atoms with Gasteiger partial charge in [0, 0.05) is 65.6 Å². The molecule has 3 heterocycles. The molecule has 17 rings (SSSR count). The summed E-state index contributed by atoms with van der Waals surface area (Å²) in [4.78, 5) is 35.6. The average molecular weight is 2180 g/mol. The van der Waals surface area contributed by atoms with Crippen molar-refractivity contribution >= 4 is 236 Å². The Morgan fingerprint density at radius 2 is 0.914 bits per heavy atom. The van der Waals surface area contributed by atoms with Crippen molar-refractivity contribution in [3.63, 3.8) is 0 Å². The molecule has 14 aromatic rings. The summed E-state index contributed by atoms with van der Waals surface area (Å²) in [5.41, 5.74) is 23.2. The van der Waals surface area contributed by atoms with Crippen molar-refractivity contribution in [1.29, 1.82) is 0 Å². The van der Waals surface area contributed by atoms with E-state index in [9.17, 15) is 40.2 Å². The Morgan fingerprint density at radius 1 is 0.550 bits per heavy atom. The molecule has 5 N–H and O–H groups in total. The van der Waals surface area contributed by atoms with E-state index in [4.69, 9.17) is 68.1 Å². The van der Waals surface area contributed by atoms with E-state index in [-0.39, 0.29) is 249 Å². The molecule has 0 amide bonds. The summed E-state index contributed by atoms with van der Waals surface area (Å²) >= 11 is 8.02. The van der Waals surface area contributed by atoms with Crippen molar-refractivity contribution in [2.24, 2.45) is 16.8 Å². The Kier molecular flexibility index (Phi) is 69.1. The fraction of sp³-hybridized carbons (Fsp3) is 0.263. The molecule has 14 aromatic carbocycles. The molecule has 0 aliphatic carbocycles. The van der Waals surface area contributed by atoms with Crippen molar-refractivity contribution in [2.75, 3.05) is 43.0 Å². The third-order valence-corrected chi connectivity index (χ3v) is 23.3. The van der Waals surface area contributed by atoms with Gasteiger partial charge in [0.15, 0.2) is 11.5 Å². The number of nitrogens with zero attached hydrogens (tertiary/aromatic N) is 2. The maximum Gasteiger partial charge on any atom is 1.00 e. The van der Waals surface area contributed by atoms with Gasteiger partial charge in [0.2, 0.25) is 10.9 Å². The van der Waals surface area contributed by atoms with E-state index in [1.807, 2.05) is 117 Å². The monoisotopic (exact) mass is 2180 g/mol. The standard InChI is InChI=1S/C18H21NO3S.C18H16O.C16H14.C15H14N.C10H10N2.C10H8N.C5H10O.C3H6O3S.C2H3ClO.CH3F.CH4.ClO.ClH.3K.Na.4O3S/c1-13-18(2,3)17-15-8-5-4-7-14(15)9-10-16(17)19(13)11-6-12-23(20,21)22;1-11-15-6-4-5-7-16(15)12(2)18-10-14(13(3)19)8-9-17(11)18;1-11-13-7-3-5-9-15(13)12(2)16-10-6-4-8-14(11)16;1-10-15(2,3)14-12-7-5-4-6-11(12)8-9-13(14)16-10;11-12-10-6-5-8-3-1-2-4-9(8)7-10;11-10-6-5-8-3-1-2-4-9(8)7-10;1-4(2)5(3)6;4-7(5)3-1-2-6-7;1-2(3)4;1-2;;1-2;;;;;;4*1-4(2)3/h5,7-10H,6,11-12H2,1-3H3,(H,20,21,22);4-10H,1-3H3;3-10H,1-2H3;5-9H,1-3H3;1-7,12H,11H2;2-7H,11H2;4H,1-3H3;1-3H2;1H3;1H3;1H4;;1H;;;;;;;;/q;;;-1;;-1;;;;;;-1;;4*+1;;;;/p-1/i;;;;;;;;;1D;;;;;;;;;;;. The third-order valence-electron chi connectivity index (χ3n) is 21.2. The Balaban J connectivity index is -0.000000744. The van der Waals surface area contributed by atoms with E-state index in [2.05, 4.69) is 257 Å². The number of carbonyl (C=O) groups excluding carboxylic acids is 3. The number of rotatable bonds is 7. The zero-order valence-electron chi connectivity index (χ0n) is 81.5. The fourth-order valence-corrected chi connectivity index (χ4v) is 15.7. The molecule has 1 fully saturated rings. The number of aliphatic imine (C=N–C) groups is 1. The molecule has 730 valence electrons. The first kappa shape index (κ1) is 138. The fourth-order valence-electron chi connectivity index (χ4n) is 14.2. The summed E-state index contributed by atoms with van der Waals surface area (Å²) in [7, 11) is -20.7. The van der Waals surface area contributed by atoms with Crippen LogP contribution in [0, 0.1) is 51.8 Å². The summed E-state index contributed by atoms with van der Waals surface area (Å²) < 4.78 is 184. The predicted molar refractivity (Wildman–Crippen MR) is 542 cm³/mol. The number of hydrazine groups is 1. The number of Topliss-reactive ketones (excluding diaryl/α,β-unsaturated/α-hetero) is 2. The van der Waals surface area contributed by atoms with E-state index < -0.39 is 69.8 Å². The van der Waals surface area contributed by atoms with E-state index in [0.717, 1.165) is 33.7 Å². The first-order valence-electron chi connectivity index (χ1n) is 41.1. The van der Waals surface area contributed by atoms with Gasteiger partial charge in [-0.15, -0.1) is 113 Å². The maximum absolute atomic E-state index is 11.5. The van der Waals surface area contributed by atoms with Gasteiger partial charge in [-0.3, -0.25) is 33.8 Å². The molecule has 0 aromatic heterocycles. The van der Waals surface area contributed by atoms with Crippen LogP contribution in [0.2, 0.25) is 0 Å². The second kappa shape index (κ2) is 70.0. The quantitative estimate of drug-likeness (QED) is 0.0118. The summed E-state index contributed by atoms with van der Waals surface area (Å²) in [5, 5.41) is 19.8. The van der Waals surface area contributed by atoms with Crippen LogP contribution in [0.25, 0.3) is 86.2 Å². The van der Waals surface area contributed by atoms with Crippen molar-refractivity contribution in [1.82, 2.24) is 0 Å². The molecule has 1 saturated heterocycles. The van der Waals surface area contributed by atoms with Crippen LogP contribution in [0.4, 0.5) is 27.1 Å². The number of hydrogen-bond acceptors (Lipinski definition) is 26. The van der Waals surface area contributed by atoms with Crippen LogP contribution in [-0.2, 0) is 87.3 Å². The number of fused-ring (bicyclic) bond motifs is 12. The van der Waals surface area contributed by atoms with Gasteiger partial charge < -0.3 is 20.4 Å². The predicted octanol–water partition coefficient (Wildman–Crippen LogP) is 7.65. The Bertz CT molecular complexity index is 7120. The molecule has 0 bridgehead atoms. The minimum absolute atomic E-state index is 0. The van der Waals surface area contributed by atoms with Gasteiger partial charge in [-0.1, -0.05) is 163 Å². The molecule has 0 saturated carbocycles. The molecule has 140 heavy (non-hydrogen) atoms. The zero-order chi connectivity index (χ0) is 102. The molecule has 3 aliphatic heterocycles. The van der Waals surface area contributed by atoms with Gasteiger partial charge in [0.05, 0.1) is 42.1 Å². The molecular formula is C99H109Cl3FK3N5NaO22S6. The van der Waals surface area contributed by atoms with Crippen LogP contribution < -0.4 is 205 Å². The van der Waals surface area contributed by atoms with Gasteiger partial charge in [0.25, 0.3) is 10.1 Å². The van der Waals surface area contributed by atoms with Gasteiger partial charge >= 0.3 is 226 Å². The van der Waals surface area contributed by atoms with Gasteiger partial charge in [-0.25, -0.2) is 20.3 Å². The number of carbonyl (C=O) groups is 3. The van der Waals surface area contributed by atoms with Crippen LogP contribution in [0.15, 0.2) is 236 Å². The van der Waals surface area contributed by atoms with Crippen LogP contribution in [0.1, 0.15) is 142 Å². The van der Waals surface area contributed by atoms with Crippen LogP contribution in [0.5, 0.6) is 0 Å². The summed E-state index contributed by atoms with van der Waals surface area (Å²) in [6.45, 7) is 31.0. The van der Waals surface area contributed by atoms with Crippen molar-refractivity contribution in [2.45, 2.75) is 135 Å². The van der Waals surface area contributed by atoms with Crippen LogP contribution in [0.3, 0.4) is 0 Å². The van der Waals surface area contributed by atoms with E-state index in [1.54, 1.807) is 13.8 Å². The van der Waals surface area contributed by atoms with Gasteiger partial charge in [-0.2, -0.15) is 85.8 Å². The maximum atomic E-state index is 11.5. The van der Waals surface area contributed by atoms with E-state index >= 15 is 0 Å². The molecule has 0 atom stereocenters. The largest absolute Gasteiger partial charge is 1.00 e. The van der Waals surface area contributed by atoms with E-state index in [1.165, 1.54) is 133 Å². The minimum atomic E-state index is -4.16. The molecule has 3 aliphatic rings. The normalized spacial score (nSPS) is 12.0. The molecular weight excluding hydrogens is 2070 g/mol. The summed E-state index contributed by atoms with van der Waals surface area (Å²) in [6, 6.07) is 87.5. The summed E-state index contributed by atoms with van der Waals surface area (Å²) in [6.07, 6.45) is 0.988. The second-order valence-electron chi connectivity index (χ2n) is 30.7. The summed E-state index contributed by atoms with van der Waals surface area (Å²) in [5.74, 6) is 5.76. The number of nitrogens with two attached hydrogens (primary N) is 2. The average Bonchev–Trinajstić information content (AvgIpc) is 1.54. The topological polar surface area (TPSA) is 459 Å². The molecule has 0 radical (unpaired) electrons. The minimum Gasteiger partial charge on any atom is -0.769 e. The number of hydrogen-bond donors (Lipinski definition) is 3. The van der Waals surface area contributed by atoms with Crippen LogP contribution >= 0.6 is 35.9 Å². The number of alkyl halides is 1. The smallest absolute Gasteiger partial charge is 0.769 e. The zero-order valence-corrected chi connectivity index (χ0v) is 99.1. The number of anilines is 2. The first-order chi connectivity index (χ1) is 63.4. The van der Waals surface area contributed by atoms with Gasteiger partial charge in [0.1, 0.15) is 12.3 Å². The Hall–Kier alpha value is -5.96. The number of aryl methyl sites for hydroxylation is 4. The SMILES string of the molecule is C.CC(=O)C(C)C.CC(=O)Cl.CC(=O)c1ccc2c(C)c3ccccc3c(C)c2c1.CC1=Nc2ccc3c[c-]ccc3c2C1(C)C.CC1=[N+](CCCS(=O)(=O)[O-])c2ccc3c[c-]ccc3c2C1(C)C.Cc1c2ccccc2c(C)c2ccccc12.Cl.NNc1ccc2ccccc2c1.Nc1ccc2c[c-]ccc2c1.O=S(=O)=O.O=S(=O)=O.O=S(=O)=O.O=S(=O)=O.O=S1(=O)CCCO1.[2H]CF.[K+].[K+].[K+].[Na+].[O-]Cl.